The van der Waals surface area contributed by atoms with E-state index in [0.29, 0.717) is 18.7 Å². The van der Waals surface area contributed by atoms with Gasteiger partial charge in [-0.1, -0.05) is 17.2 Å². The van der Waals surface area contributed by atoms with Gasteiger partial charge < -0.3 is 15.2 Å². The van der Waals surface area contributed by atoms with Gasteiger partial charge in [0.15, 0.2) is 0 Å². The number of H-pyrrole nitrogens is 1. The van der Waals surface area contributed by atoms with Gasteiger partial charge >= 0.3 is 0 Å². The van der Waals surface area contributed by atoms with Crippen molar-refractivity contribution >= 4 is 11.8 Å². The van der Waals surface area contributed by atoms with Crippen LogP contribution in [0, 0.1) is 19.8 Å². The van der Waals surface area contributed by atoms with E-state index < -0.39 is 0 Å². The zero-order valence-electron chi connectivity index (χ0n) is 18.9. The molecule has 1 saturated heterocycles. The molecular formula is C25H32N4O3. The lowest BCUT2D eigenvalue weighted by molar-refractivity contribution is -0.127. The third-order valence-electron chi connectivity index (χ3n) is 6.70. The summed E-state index contributed by atoms with van der Waals surface area (Å²) >= 11 is 0. The number of nitrogens with one attached hydrogen (secondary N) is 2. The topological polar surface area (TPSA) is 95.2 Å². The molecule has 2 aliphatic rings. The number of amides is 2. The summed E-state index contributed by atoms with van der Waals surface area (Å²) in [6.07, 6.45) is 6.72. The fourth-order valence-electron chi connectivity index (χ4n) is 5.08. The summed E-state index contributed by atoms with van der Waals surface area (Å²) in [5.41, 5.74) is 2.73. The monoisotopic (exact) mass is 436 g/mol. The summed E-state index contributed by atoms with van der Waals surface area (Å²) in [6, 6.07) is 7.47. The van der Waals surface area contributed by atoms with Gasteiger partial charge in [0.05, 0.1) is 5.92 Å². The van der Waals surface area contributed by atoms with Crippen molar-refractivity contribution in [3.05, 3.63) is 63.3 Å². The van der Waals surface area contributed by atoms with Crippen LogP contribution < -0.4 is 10.9 Å². The molecule has 1 unspecified atom stereocenters. The second-order valence-electron chi connectivity index (χ2n) is 9.34. The van der Waals surface area contributed by atoms with E-state index in [4.69, 9.17) is 0 Å². The van der Waals surface area contributed by atoms with Gasteiger partial charge in [0, 0.05) is 42.9 Å². The zero-order valence-corrected chi connectivity index (χ0v) is 18.9. The Hall–Kier alpha value is -2.96. The lowest BCUT2D eigenvalue weighted by atomic mass is 9.85. The fourth-order valence-corrected chi connectivity index (χ4v) is 5.08. The Bertz CT molecular complexity index is 1020. The van der Waals surface area contributed by atoms with Crippen molar-refractivity contribution in [2.75, 3.05) is 13.1 Å². The highest BCUT2D eigenvalue weighted by atomic mass is 16.2. The molecule has 2 fully saturated rings. The van der Waals surface area contributed by atoms with Gasteiger partial charge in [0.2, 0.25) is 5.91 Å². The van der Waals surface area contributed by atoms with Crippen molar-refractivity contribution < 1.29 is 9.59 Å². The molecular weight excluding hydrogens is 404 g/mol. The molecule has 170 valence electrons. The number of likely N-dealkylation sites (tertiary alicyclic amines) is 1. The highest BCUT2D eigenvalue weighted by Crippen LogP contribution is 2.31. The van der Waals surface area contributed by atoms with Gasteiger partial charge in [0.1, 0.15) is 5.82 Å². The van der Waals surface area contributed by atoms with Crippen LogP contribution in [0.1, 0.15) is 71.8 Å². The van der Waals surface area contributed by atoms with E-state index in [1.165, 1.54) is 6.07 Å². The molecule has 7 heteroatoms. The number of aryl methyl sites for hydroxylation is 2. The predicted molar refractivity (Wildman–Crippen MR) is 123 cm³/mol. The summed E-state index contributed by atoms with van der Waals surface area (Å²) in [7, 11) is 0. The summed E-state index contributed by atoms with van der Waals surface area (Å²) in [6.45, 7) is 5.16. The minimum absolute atomic E-state index is 0.0131. The molecule has 32 heavy (non-hydrogen) atoms. The van der Waals surface area contributed by atoms with E-state index in [1.54, 1.807) is 6.20 Å². The van der Waals surface area contributed by atoms with E-state index in [2.05, 4.69) is 21.4 Å². The summed E-state index contributed by atoms with van der Waals surface area (Å²) in [5, 5.41) is 3.22. The second-order valence-corrected chi connectivity index (χ2v) is 9.34. The first-order valence-corrected chi connectivity index (χ1v) is 11.6. The van der Waals surface area contributed by atoms with E-state index in [1.807, 2.05) is 30.9 Å². The third-order valence-corrected chi connectivity index (χ3v) is 6.70. The number of benzene rings is 1. The first-order chi connectivity index (χ1) is 15.4. The summed E-state index contributed by atoms with van der Waals surface area (Å²) in [4.78, 5) is 46.5. The Morgan fingerprint density at radius 1 is 1.06 bits per heavy atom. The van der Waals surface area contributed by atoms with Crippen LogP contribution in [0.5, 0.6) is 0 Å². The quantitative estimate of drug-likeness (QED) is 0.770. The Balaban J connectivity index is 1.31. The zero-order chi connectivity index (χ0) is 22.7. The Morgan fingerprint density at radius 3 is 2.47 bits per heavy atom. The highest BCUT2D eigenvalue weighted by molar-refractivity contribution is 5.95. The molecule has 1 atom stereocenters. The molecule has 7 nitrogen and oxygen atoms in total. The van der Waals surface area contributed by atoms with Crippen LogP contribution >= 0.6 is 0 Å². The molecule has 2 N–H and O–H groups in total. The first kappa shape index (κ1) is 22.2. The third kappa shape index (κ3) is 5.26. The minimum Gasteiger partial charge on any atom is -0.353 e. The molecule has 1 aromatic heterocycles. The van der Waals surface area contributed by atoms with Gasteiger partial charge in [0.25, 0.3) is 11.5 Å². The molecule has 2 amide bonds. The number of aromatic nitrogens is 2. The van der Waals surface area contributed by atoms with Gasteiger partial charge in [-0.05, 0) is 64.5 Å². The first-order valence-electron chi connectivity index (χ1n) is 11.6. The van der Waals surface area contributed by atoms with Crippen molar-refractivity contribution in [2.24, 2.45) is 5.92 Å². The minimum atomic E-state index is -0.163. The smallest absolute Gasteiger partial charge is 0.253 e. The number of piperidine rings is 1. The number of carbonyl (C=O) groups is 2. The van der Waals surface area contributed by atoms with E-state index >= 15 is 0 Å². The van der Waals surface area contributed by atoms with Crippen LogP contribution in [0.4, 0.5) is 0 Å². The molecule has 0 spiro atoms. The van der Waals surface area contributed by atoms with Crippen LogP contribution in [-0.2, 0) is 4.79 Å². The maximum absolute atomic E-state index is 13.0. The van der Waals surface area contributed by atoms with Crippen LogP contribution in [-0.4, -0.2) is 45.8 Å². The molecule has 0 bridgehead atoms. The molecule has 4 rings (SSSR count). The standard InChI is InChI=1S/C25H32N4O3/c1-16-12-17(2)14-20(13-16)25(32)29-11-3-4-19(15-29)24(31)27-21-7-5-18(6-8-21)23-26-10-9-22(30)28-23/h9-10,12-14,18-19,21H,3-8,11,15H2,1-2H3,(H,27,31)(H,26,28,30). The molecule has 1 aliphatic heterocycles. The number of rotatable bonds is 4. The molecule has 2 heterocycles. The summed E-state index contributed by atoms with van der Waals surface area (Å²) < 4.78 is 0. The fraction of sp³-hybridized carbons (Fsp3) is 0.520. The van der Waals surface area contributed by atoms with E-state index in [-0.39, 0.29) is 35.3 Å². The molecule has 0 radical (unpaired) electrons. The van der Waals surface area contributed by atoms with E-state index in [0.717, 1.165) is 55.5 Å². The second kappa shape index (κ2) is 9.67. The van der Waals surface area contributed by atoms with Crippen molar-refractivity contribution in [3.63, 3.8) is 0 Å². The summed E-state index contributed by atoms with van der Waals surface area (Å²) in [5.74, 6) is 0.882. The van der Waals surface area contributed by atoms with Crippen LogP contribution in [0.15, 0.2) is 35.3 Å². The number of hydrogen-bond donors (Lipinski definition) is 2. The maximum atomic E-state index is 13.0. The average molecular weight is 437 g/mol. The number of carbonyl (C=O) groups excluding carboxylic acids is 2. The Labute approximate surface area is 188 Å². The maximum Gasteiger partial charge on any atom is 0.253 e. The van der Waals surface area contributed by atoms with Gasteiger partial charge in [-0.2, -0.15) is 0 Å². The Morgan fingerprint density at radius 2 is 1.78 bits per heavy atom. The lowest BCUT2D eigenvalue weighted by Gasteiger charge is -2.34. The molecule has 1 saturated carbocycles. The molecule has 1 aromatic carbocycles. The normalized spacial score (nSPS) is 23.6. The SMILES string of the molecule is Cc1cc(C)cc(C(=O)N2CCCC(C(=O)NC3CCC(c4nccc(=O)[nH]4)CC3)C2)c1. The van der Waals surface area contributed by atoms with E-state index in [9.17, 15) is 14.4 Å². The van der Waals surface area contributed by atoms with Crippen LogP contribution in [0.2, 0.25) is 0 Å². The molecule has 2 aromatic rings. The largest absolute Gasteiger partial charge is 0.353 e. The average Bonchev–Trinajstić information content (AvgIpc) is 2.78. The lowest BCUT2D eigenvalue weighted by Crippen LogP contribution is -2.48. The highest BCUT2D eigenvalue weighted by Gasteiger charge is 2.31. The van der Waals surface area contributed by atoms with Gasteiger partial charge in [-0.3, -0.25) is 14.4 Å². The number of aromatic amines is 1. The van der Waals surface area contributed by atoms with Crippen LogP contribution in [0.25, 0.3) is 0 Å². The predicted octanol–water partition coefficient (Wildman–Crippen LogP) is 3.08. The van der Waals surface area contributed by atoms with Crippen LogP contribution in [0.3, 0.4) is 0 Å². The van der Waals surface area contributed by atoms with Crippen molar-refractivity contribution in [2.45, 2.75) is 64.3 Å². The van der Waals surface area contributed by atoms with Crippen molar-refractivity contribution in [1.82, 2.24) is 20.2 Å². The van der Waals surface area contributed by atoms with Crippen molar-refractivity contribution in [3.8, 4) is 0 Å². The number of hydrogen-bond acceptors (Lipinski definition) is 4. The molecule has 1 aliphatic carbocycles. The number of nitrogens with zero attached hydrogens (tertiary/aromatic N) is 2. The van der Waals surface area contributed by atoms with Crippen molar-refractivity contribution in [1.29, 1.82) is 0 Å². The van der Waals surface area contributed by atoms with Gasteiger partial charge in [-0.15, -0.1) is 0 Å². The Kier molecular flexibility index (Phi) is 6.72. The van der Waals surface area contributed by atoms with Gasteiger partial charge in [-0.25, -0.2) is 4.98 Å².